The third kappa shape index (κ3) is 8.06. The van der Waals surface area contributed by atoms with Crippen molar-refractivity contribution in [3.8, 4) is 0 Å². The highest BCUT2D eigenvalue weighted by Crippen LogP contribution is 2.14. The highest BCUT2D eigenvalue weighted by atomic mass is 15.1. The molecule has 0 aromatic carbocycles. The van der Waals surface area contributed by atoms with E-state index in [-0.39, 0.29) is 0 Å². The molecule has 0 heterocycles. The molecule has 0 saturated carbocycles. The molecule has 0 aromatic rings. The lowest BCUT2D eigenvalue weighted by atomic mass is 9.93. The molecule has 0 fully saturated rings. The zero-order valence-corrected chi connectivity index (χ0v) is 10.0. The second-order valence-corrected chi connectivity index (χ2v) is 3.67. The van der Waals surface area contributed by atoms with Gasteiger partial charge in [-0.15, -0.1) is 0 Å². The van der Waals surface area contributed by atoms with Crippen LogP contribution in [0.15, 0.2) is 0 Å². The minimum absolute atomic E-state index is 0.826. The van der Waals surface area contributed by atoms with Crippen LogP contribution < -0.4 is 0 Å². The first-order valence-electron chi connectivity index (χ1n) is 5.22. The highest BCUT2D eigenvalue weighted by molar-refractivity contribution is 4.63. The standard InChI is InChI=1S/C9H21N.C2H6/c1-6-9(8(2)3)7-10(4)5;1-2/h8-9H,6-7H2,1-5H3;1-2H3. The van der Waals surface area contributed by atoms with Crippen molar-refractivity contribution >= 4 is 0 Å². The van der Waals surface area contributed by atoms with E-state index in [0.29, 0.717) is 0 Å². The van der Waals surface area contributed by atoms with Gasteiger partial charge in [0.15, 0.2) is 0 Å². The van der Waals surface area contributed by atoms with Gasteiger partial charge in [0.05, 0.1) is 0 Å². The number of hydrogen-bond acceptors (Lipinski definition) is 1. The van der Waals surface area contributed by atoms with E-state index in [2.05, 4.69) is 39.8 Å². The van der Waals surface area contributed by atoms with Crippen molar-refractivity contribution in [3.63, 3.8) is 0 Å². The van der Waals surface area contributed by atoms with Crippen LogP contribution >= 0.6 is 0 Å². The fraction of sp³-hybridized carbons (Fsp3) is 1.00. The minimum atomic E-state index is 0.826. The lowest BCUT2D eigenvalue weighted by Gasteiger charge is -2.22. The molecule has 0 rings (SSSR count). The average molecular weight is 173 g/mol. The van der Waals surface area contributed by atoms with Gasteiger partial charge in [-0.2, -0.15) is 0 Å². The second kappa shape index (κ2) is 9.05. The molecule has 12 heavy (non-hydrogen) atoms. The van der Waals surface area contributed by atoms with Gasteiger partial charge in [-0.1, -0.05) is 41.0 Å². The van der Waals surface area contributed by atoms with Crippen LogP contribution in [0, 0.1) is 11.8 Å². The molecule has 0 aliphatic heterocycles. The van der Waals surface area contributed by atoms with E-state index in [9.17, 15) is 0 Å². The Hall–Kier alpha value is -0.0400. The molecule has 1 nitrogen and oxygen atoms in total. The summed E-state index contributed by atoms with van der Waals surface area (Å²) in [6, 6.07) is 0. The van der Waals surface area contributed by atoms with Crippen molar-refractivity contribution in [2.24, 2.45) is 11.8 Å². The molecular formula is C11H27N. The molecule has 0 aliphatic carbocycles. The third-order valence-electron chi connectivity index (χ3n) is 2.07. The fourth-order valence-electron chi connectivity index (χ4n) is 1.28. The first-order valence-corrected chi connectivity index (χ1v) is 5.22. The molecule has 0 saturated heterocycles. The summed E-state index contributed by atoms with van der Waals surface area (Å²) in [6.45, 7) is 12.1. The van der Waals surface area contributed by atoms with Crippen LogP contribution in [-0.2, 0) is 0 Å². The summed E-state index contributed by atoms with van der Waals surface area (Å²) in [7, 11) is 4.29. The summed E-state index contributed by atoms with van der Waals surface area (Å²) in [6.07, 6.45) is 1.30. The monoisotopic (exact) mass is 173 g/mol. The molecule has 0 bridgehead atoms. The van der Waals surface area contributed by atoms with Crippen LogP contribution in [0.5, 0.6) is 0 Å². The molecule has 0 aliphatic rings. The van der Waals surface area contributed by atoms with Crippen molar-refractivity contribution in [2.45, 2.75) is 41.0 Å². The predicted molar refractivity (Wildman–Crippen MR) is 58.5 cm³/mol. The zero-order valence-electron chi connectivity index (χ0n) is 10.0. The van der Waals surface area contributed by atoms with Crippen LogP contribution in [-0.4, -0.2) is 25.5 Å². The Morgan fingerprint density at radius 2 is 1.50 bits per heavy atom. The molecule has 0 radical (unpaired) electrons. The number of rotatable bonds is 4. The summed E-state index contributed by atoms with van der Waals surface area (Å²) in [4.78, 5) is 2.27. The average Bonchev–Trinajstić information content (AvgIpc) is 2.03. The van der Waals surface area contributed by atoms with Crippen molar-refractivity contribution < 1.29 is 0 Å². The fourth-order valence-corrected chi connectivity index (χ4v) is 1.28. The second-order valence-electron chi connectivity index (χ2n) is 3.67. The van der Waals surface area contributed by atoms with Gasteiger partial charge in [0.25, 0.3) is 0 Å². The van der Waals surface area contributed by atoms with Gasteiger partial charge in [0.2, 0.25) is 0 Å². The van der Waals surface area contributed by atoms with Crippen LogP contribution in [0.25, 0.3) is 0 Å². The molecule has 76 valence electrons. The summed E-state index contributed by atoms with van der Waals surface area (Å²) in [5.41, 5.74) is 0. The quantitative estimate of drug-likeness (QED) is 0.631. The Kier molecular flexibility index (Phi) is 10.9. The predicted octanol–water partition coefficient (Wildman–Crippen LogP) is 3.26. The molecular weight excluding hydrogens is 146 g/mol. The van der Waals surface area contributed by atoms with Gasteiger partial charge in [0.1, 0.15) is 0 Å². The maximum absolute atomic E-state index is 2.30. The van der Waals surface area contributed by atoms with E-state index in [0.717, 1.165) is 11.8 Å². The largest absolute Gasteiger partial charge is 0.309 e. The van der Waals surface area contributed by atoms with Crippen molar-refractivity contribution in [1.29, 1.82) is 0 Å². The summed E-state index contributed by atoms with van der Waals surface area (Å²) in [5, 5.41) is 0. The van der Waals surface area contributed by atoms with E-state index in [1.807, 2.05) is 13.8 Å². The van der Waals surface area contributed by atoms with Gasteiger partial charge >= 0.3 is 0 Å². The number of hydrogen-bond donors (Lipinski definition) is 0. The van der Waals surface area contributed by atoms with Gasteiger partial charge in [0, 0.05) is 6.54 Å². The van der Waals surface area contributed by atoms with E-state index >= 15 is 0 Å². The highest BCUT2D eigenvalue weighted by Gasteiger charge is 2.10. The maximum Gasteiger partial charge on any atom is 0.000590 e. The topological polar surface area (TPSA) is 3.24 Å². The first-order chi connectivity index (χ1) is 5.57. The molecule has 1 unspecified atom stereocenters. The van der Waals surface area contributed by atoms with E-state index < -0.39 is 0 Å². The van der Waals surface area contributed by atoms with Gasteiger partial charge in [-0.05, 0) is 25.9 Å². The van der Waals surface area contributed by atoms with Crippen LogP contribution in [0.3, 0.4) is 0 Å². The Balaban J connectivity index is 0. The summed E-state index contributed by atoms with van der Waals surface area (Å²) >= 11 is 0. The van der Waals surface area contributed by atoms with E-state index in [1.54, 1.807) is 0 Å². The third-order valence-corrected chi connectivity index (χ3v) is 2.07. The minimum Gasteiger partial charge on any atom is -0.309 e. The Morgan fingerprint density at radius 1 is 1.08 bits per heavy atom. The lowest BCUT2D eigenvalue weighted by molar-refractivity contribution is 0.263. The van der Waals surface area contributed by atoms with Gasteiger partial charge < -0.3 is 4.90 Å². The number of nitrogens with zero attached hydrogens (tertiary/aromatic N) is 1. The molecule has 0 spiro atoms. The van der Waals surface area contributed by atoms with Gasteiger partial charge in [-0.3, -0.25) is 0 Å². The Labute approximate surface area is 79.2 Å². The van der Waals surface area contributed by atoms with Crippen molar-refractivity contribution in [1.82, 2.24) is 4.90 Å². The molecule has 1 heteroatoms. The van der Waals surface area contributed by atoms with Gasteiger partial charge in [-0.25, -0.2) is 0 Å². The SMILES string of the molecule is CC.CCC(CN(C)C)C(C)C. The molecule has 1 atom stereocenters. The smallest absolute Gasteiger partial charge is 0.000590 e. The Bertz CT molecular complexity index is 77.1. The Morgan fingerprint density at radius 3 is 1.58 bits per heavy atom. The van der Waals surface area contributed by atoms with Crippen molar-refractivity contribution in [3.05, 3.63) is 0 Å². The molecule has 0 amide bonds. The maximum atomic E-state index is 2.30. The zero-order chi connectivity index (χ0) is 10.1. The molecule has 0 N–H and O–H groups in total. The van der Waals surface area contributed by atoms with Crippen LogP contribution in [0.2, 0.25) is 0 Å². The van der Waals surface area contributed by atoms with E-state index in [1.165, 1.54) is 13.0 Å². The normalized spacial score (nSPS) is 12.8. The van der Waals surface area contributed by atoms with Crippen LogP contribution in [0.1, 0.15) is 41.0 Å². The van der Waals surface area contributed by atoms with Crippen molar-refractivity contribution in [2.75, 3.05) is 20.6 Å². The summed E-state index contributed by atoms with van der Waals surface area (Å²) in [5.74, 6) is 1.70. The summed E-state index contributed by atoms with van der Waals surface area (Å²) < 4.78 is 0. The van der Waals surface area contributed by atoms with Crippen LogP contribution in [0.4, 0.5) is 0 Å². The lowest BCUT2D eigenvalue weighted by Crippen LogP contribution is -2.24. The van der Waals surface area contributed by atoms with E-state index in [4.69, 9.17) is 0 Å². The first kappa shape index (κ1) is 14.5. The molecule has 0 aromatic heterocycles.